The number of ether oxygens (including phenoxy) is 1. The zero-order valence-corrected chi connectivity index (χ0v) is 12.0. The SMILES string of the molecule is C=CCN=C(O/C=C/c1cccs1)N(CC)C(C)=O. The number of hydrogen-bond donors (Lipinski definition) is 0. The molecule has 1 aromatic rings. The van der Waals surface area contributed by atoms with Crippen LogP contribution < -0.4 is 0 Å². The summed E-state index contributed by atoms with van der Waals surface area (Å²) in [6.07, 6.45) is 5.03. The Hall–Kier alpha value is -1.88. The summed E-state index contributed by atoms with van der Waals surface area (Å²) in [5.41, 5.74) is 0. The van der Waals surface area contributed by atoms with Gasteiger partial charge >= 0.3 is 0 Å². The molecule has 0 fully saturated rings. The molecule has 19 heavy (non-hydrogen) atoms. The van der Waals surface area contributed by atoms with E-state index in [1.807, 2.05) is 30.5 Å². The Labute approximate surface area is 117 Å². The van der Waals surface area contributed by atoms with Gasteiger partial charge in [-0.2, -0.15) is 0 Å². The zero-order chi connectivity index (χ0) is 14.1. The molecule has 0 aliphatic heterocycles. The van der Waals surface area contributed by atoms with Crippen molar-refractivity contribution < 1.29 is 9.53 Å². The largest absolute Gasteiger partial charge is 0.434 e. The van der Waals surface area contributed by atoms with Crippen molar-refractivity contribution in [2.24, 2.45) is 4.99 Å². The molecule has 0 saturated heterocycles. The standard InChI is InChI=1S/C14H18N2O2S/c1-4-9-15-14(16(5-2)12(3)17)18-10-8-13-7-6-11-19-13/h4,6-8,10-11H,1,5,9H2,2-3H3/b10-8+,15-14?. The van der Waals surface area contributed by atoms with Gasteiger partial charge in [-0.3, -0.25) is 9.69 Å². The minimum atomic E-state index is -0.102. The number of nitrogens with zero attached hydrogens (tertiary/aromatic N) is 2. The van der Waals surface area contributed by atoms with Crippen LogP contribution in [0.1, 0.15) is 18.7 Å². The van der Waals surface area contributed by atoms with E-state index in [4.69, 9.17) is 4.74 Å². The number of thiophene rings is 1. The van der Waals surface area contributed by atoms with Crippen molar-refractivity contribution in [2.45, 2.75) is 13.8 Å². The van der Waals surface area contributed by atoms with Gasteiger partial charge in [-0.15, -0.1) is 17.9 Å². The molecule has 0 bridgehead atoms. The lowest BCUT2D eigenvalue weighted by Crippen LogP contribution is -2.36. The Bertz CT molecular complexity index is 464. The van der Waals surface area contributed by atoms with E-state index in [0.29, 0.717) is 19.1 Å². The molecule has 1 aromatic heterocycles. The lowest BCUT2D eigenvalue weighted by molar-refractivity contribution is -0.125. The Balaban J connectivity index is 2.74. The number of amidine groups is 1. The molecule has 0 aliphatic carbocycles. The highest BCUT2D eigenvalue weighted by molar-refractivity contribution is 7.10. The predicted octanol–water partition coefficient (Wildman–Crippen LogP) is 3.15. The molecule has 1 rings (SSSR count). The highest BCUT2D eigenvalue weighted by atomic mass is 32.1. The number of rotatable bonds is 5. The van der Waals surface area contributed by atoms with Crippen molar-refractivity contribution in [3.05, 3.63) is 41.3 Å². The quantitative estimate of drug-likeness (QED) is 0.359. The third kappa shape index (κ3) is 5.09. The van der Waals surface area contributed by atoms with Crippen LogP contribution in [0, 0.1) is 0 Å². The summed E-state index contributed by atoms with van der Waals surface area (Å²) in [7, 11) is 0. The van der Waals surface area contributed by atoms with Crippen molar-refractivity contribution >= 4 is 29.3 Å². The van der Waals surface area contributed by atoms with Gasteiger partial charge in [0.05, 0.1) is 12.8 Å². The molecule has 0 saturated carbocycles. The first-order valence-corrected chi connectivity index (χ1v) is 6.87. The van der Waals surface area contributed by atoms with Crippen molar-refractivity contribution in [3.8, 4) is 0 Å². The monoisotopic (exact) mass is 278 g/mol. The third-order valence-electron chi connectivity index (χ3n) is 2.23. The van der Waals surface area contributed by atoms with E-state index in [0.717, 1.165) is 4.88 Å². The van der Waals surface area contributed by atoms with Crippen LogP contribution in [0.5, 0.6) is 0 Å². The van der Waals surface area contributed by atoms with Crippen molar-refractivity contribution in [1.29, 1.82) is 0 Å². The van der Waals surface area contributed by atoms with Crippen LogP contribution in [-0.2, 0) is 9.53 Å². The van der Waals surface area contributed by atoms with E-state index in [2.05, 4.69) is 11.6 Å². The van der Waals surface area contributed by atoms with Gasteiger partial charge < -0.3 is 4.74 Å². The highest BCUT2D eigenvalue weighted by Crippen LogP contribution is 2.10. The first-order valence-electron chi connectivity index (χ1n) is 5.99. The summed E-state index contributed by atoms with van der Waals surface area (Å²) in [6.45, 7) is 7.88. The Kier molecular flexibility index (Phi) is 6.60. The van der Waals surface area contributed by atoms with E-state index in [1.165, 1.54) is 11.8 Å². The maximum Gasteiger partial charge on any atom is 0.299 e. The van der Waals surface area contributed by atoms with E-state index in [1.54, 1.807) is 23.7 Å². The summed E-state index contributed by atoms with van der Waals surface area (Å²) in [4.78, 5) is 18.2. The molecule has 1 amide bonds. The number of carbonyl (C=O) groups excluding carboxylic acids is 1. The predicted molar refractivity (Wildman–Crippen MR) is 80.0 cm³/mol. The van der Waals surface area contributed by atoms with Crippen molar-refractivity contribution in [2.75, 3.05) is 13.1 Å². The van der Waals surface area contributed by atoms with Gasteiger partial charge in [-0.1, -0.05) is 12.1 Å². The van der Waals surface area contributed by atoms with E-state index < -0.39 is 0 Å². The van der Waals surface area contributed by atoms with Crippen LogP contribution in [-0.4, -0.2) is 29.9 Å². The highest BCUT2D eigenvalue weighted by Gasteiger charge is 2.14. The molecule has 0 N–H and O–H groups in total. The molecule has 4 nitrogen and oxygen atoms in total. The van der Waals surface area contributed by atoms with Crippen LogP contribution in [0.3, 0.4) is 0 Å². The summed E-state index contributed by atoms with van der Waals surface area (Å²) in [5, 5.41) is 1.99. The molecule has 0 atom stereocenters. The lowest BCUT2D eigenvalue weighted by atomic mass is 10.5. The molecule has 0 radical (unpaired) electrons. The molecule has 0 aliphatic rings. The first kappa shape index (κ1) is 15.2. The number of carbonyl (C=O) groups is 1. The fraction of sp³-hybridized carbons (Fsp3) is 0.286. The lowest BCUT2D eigenvalue weighted by Gasteiger charge is -2.19. The fourth-order valence-corrected chi connectivity index (χ4v) is 1.98. The number of aliphatic imine (C=N–C) groups is 1. The molecule has 5 heteroatoms. The first-order chi connectivity index (χ1) is 9.19. The van der Waals surface area contributed by atoms with Gasteiger partial charge in [-0.25, -0.2) is 4.99 Å². The maximum atomic E-state index is 11.5. The number of hydrogen-bond acceptors (Lipinski definition) is 4. The van der Waals surface area contributed by atoms with Gasteiger partial charge in [0.1, 0.15) is 0 Å². The Morgan fingerprint density at radius 2 is 2.42 bits per heavy atom. The molecular weight excluding hydrogens is 260 g/mol. The minimum Gasteiger partial charge on any atom is -0.434 e. The zero-order valence-electron chi connectivity index (χ0n) is 11.2. The summed E-state index contributed by atoms with van der Waals surface area (Å²) < 4.78 is 5.47. The van der Waals surface area contributed by atoms with Gasteiger partial charge in [0.2, 0.25) is 5.91 Å². The average Bonchev–Trinajstić information content (AvgIpc) is 2.88. The van der Waals surface area contributed by atoms with Crippen molar-refractivity contribution in [1.82, 2.24) is 4.90 Å². The van der Waals surface area contributed by atoms with Crippen molar-refractivity contribution in [3.63, 3.8) is 0 Å². The molecular formula is C14H18N2O2S. The van der Waals surface area contributed by atoms with Crippen LogP contribution >= 0.6 is 11.3 Å². The Morgan fingerprint density at radius 3 is 2.95 bits per heavy atom. The van der Waals surface area contributed by atoms with Crippen LogP contribution in [0.25, 0.3) is 6.08 Å². The fourth-order valence-electron chi connectivity index (χ4n) is 1.37. The average molecular weight is 278 g/mol. The summed E-state index contributed by atoms with van der Waals surface area (Å²) in [6, 6.07) is 4.24. The normalized spacial score (nSPS) is 11.6. The summed E-state index contributed by atoms with van der Waals surface area (Å²) >= 11 is 1.61. The molecule has 1 heterocycles. The Morgan fingerprint density at radius 1 is 1.63 bits per heavy atom. The third-order valence-corrected chi connectivity index (χ3v) is 3.07. The smallest absolute Gasteiger partial charge is 0.299 e. The minimum absolute atomic E-state index is 0.102. The van der Waals surface area contributed by atoms with Crippen LogP contribution in [0.4, 0.5) is 0 Å². The van der Waals surface area contributed by atoms with Gasteiger partial charge in [-0.05, 0) is 24.4 Å². The second-order valence-electron chi connectivity index (χ2n) is 3.61. The molecule has 0 spiro atoms. The maximum absolute atomic E-state index is 11.5. The molecule has 0 aromatic carbocycles. The topological polar surface area (TPSA) is 41.9 Å². The second-order valence-corrected chi connectivity index (χ2v) is 4.59. The molecule has 102 valence electrons. The number of amides is 1. The van der Waals surface area contributed by atoms with Crippen LogP contribution in [0.2, 0.25) is 0 Å². The van der Waals surface area contributed by atoms with E-state index >= 15 is 0 Å². The van der Waals surface area contributed by atoms with Gasteiger partial charge in [0.25, 0.3) is 6.02 Å². The van der Waals surface area contributed by atoms with Gasteiger partial charge in [0.15, 0.2) is 0 Å². The van der Waals surface area contributed by atoms with E-state index in [9.17, 15) is 4.79 Å². The second kappa shape index (κ2) is 8.26. The van der Waals surface area contributed by atoms with E-state index in [-0.39, 0.29) is 5.91 Å². The molecule has 0 unspecified atom stereocenters. The summed E-state index contributed by atoms with van der Waals surface area (Å²) in [5.74, 6) is -0.102. The van der Waals surface area contributed by atoms with Crippen LogP contribution in [0.15, 0.2) is 41.4 Å². The van der Waals surface area contributed by atoms with Gasteiger partial charge in [0, 0.05) is 18.3 Å².